The lowest BCUT2D eigenvalue weighted by molar-refractivity contribution is -0.160. The van der Waals surface area contributed by atoms with Crippen LogP contribution in [0.25, 0.3) is 0 Å². The SMILES string of the molecule is CCN(C(=O)C12CC3CC(CC(C3)C1)C2)C1CCNCC1. The Bertz CT molecular complexity index is 378. The number of piperidine rings is 1. The first-order chi connectivity index (χ1) is 10.2. The highest BCUT2D eigenvalue weighted by atomic mass is 16.2. The molecule has 1 amide bonds. The summed E-state index contributed by atoms with van der Waals surface area (Å²) in [6, 6.07) is 0.497. The fourth-order valence-electron chi connectivity index (χ4n) is 6.36. The van der Waals surface area contributed by atoms with Gasteiger partial charge >= 0.3 is 0 Å². The Balaban J connectivity index is 1.55. The molecule has 0 atom stereocenters. The van der Waals surface area contributed by atoms with Crippen LogP contribution in [-0.4, -0.2) is 36.5 Å². The zero-order valence-corrected chi connectivity index (χ0v) is 13.4. The molecule has 5 aliphatic rings. The normalized spacial score (nSPS) is 42.2. The van der Waals surface area contributed by atoms with E-state index in [1.807, 2.05) is 0 Å². The molecule has 0 aromatic carbocycles. The van der Waals surface area contributed by atoms with Crippen LogP contribution in [0.2, 0.25) is 0 Å². The standard InChI is InChI=1S/C18H30N2O/c1-2-20(16-3-5-19-6-4-16)17(21)18-10-13-7-14(11-18)9-15(8-13)12-18/h13-16,19H,2-12H2,1H3. The van der Waals surface area contributed by atoms with E-state index >= 15 is 0 Å². The largest absolute Gasteiger partial charge is 0.339 e. The number of carbonyl (C=O) groups excluding carboxylic acids is 1. The Morgan fingerprint density at radius 3 is 2.05 bits per heavy atom. The topological polar surface area (TPSA) is 32.3 Å². The molecule has 5 fully saturated rings. The van der Waals surface area contributed by atoms with Crippen molar-refractivity contribution < 1.29 is 4.79 Å². The highest BCUT2D eigenvalue weighted by Crippen LogP contribution is 2.60. The van der Waals surface area contributed by atoms with Crippen molar-refractivity contribution in [3.63, 3.8) is 0 Å². The van der Waals surface area contributed by atoms with Gasteiger partial charge < -0.3 is 10.2 Å². The van der Waals surface area contributed by atoms with Crippen LogP contribution in [0.1, 0.15) is 58.3 Å². The van der Waals surface area contributed by atoms with Gasteiger partial charge in [0.05, 0.1) is 5.41 Å². The molecular formula is C18H30N2O. The van der Waals surface area contributed by atoms with Crippen LogP contribution >= 0.6 is 0 Å². The summed E-state index contributed by atoms with van der Waals surface area (Å²) in [4.78, 5) is 15.7. The Hall–Kier alpha value is -0.570. The second kappa shape index (κ2) is 5.26. The highest BCUT2D eigenvalue weighted by Gasteiger charge is 2.55. The second-order valence-electron chi connectivity index (χ2n) is 8.27. The summed E-state index contributed by atoms with van der Waals surface area (Å²) in [6.07, 6.45) is 10.2. The minimum absolute atomic E-state index is 0.0512. The van der Waals surface area contributed by atoms with Gasteiger partial charge in [-0.15, -0.1) is 0 Å². The molecule has 118 valence electrons. The van der Waals surface area contributed by atoms with Gasteiger partial charge in [0, 0.05) is 12.6 Å². The van der Waals surface area contributed by atoms with Crippen LogP contribution < -0.4 is 5.32 Å². The quantitative estimate of drug-likeness (QED) is 0.867. The van der Waals surface area contributed by atoms with Crippen LogP contribution in [0.5, 0.6) is 0 Å². The van der Waals surface area contributed by atoms with Gasteiger partial charge in [-0.05, 0) is 89.1 Å². The number of nitrogens with one attached hydrogen (secondary N) is 1. The first-order valence-corrected chi connectivity index (χ1v) is 9.22. The molecule has 5 rings (SSSR count). The molecule has 1 heterocycles. The maximum Gasteiger partial charge on any atom is 0.229 e. The van der Waals surface area contributed by atoms with Gasteiger partial charge in [-0.1, -0.05) is 0 Å². The number of rotatable bonds is 3. The molecule has 4 aliphatic carbocycles. The molecule has 21 heavy (non-hydrogen) atoms. The van der Waals surface area contributed by atoms with Gasteiger partial charge in [-0.25, -0.2) is 0 Å². The van der Waals surface area contributed by atoms with E-state index in [0.29, 0.717) is 11.9 Å². The second-order valence-corrected chi connectivity index (χ2v) is 8.27. The van der Waals surface area contributed by atoms with Crippen molar-refractivity contribution >= 4 is 5.91 Å². The van der Waals surface area contributed by atoms with E-state index < -0.39 is 0 Å². The lowest BCUT2D eigenvalue weighted by atomic mass is 9.49. The van der Waals surface area contributed by atoms with Gasteiger partial charge in [-0.2, -0.15) is 0 Å². The monoisotopic (exact) mass is 290 g/mol. The van der Waals surface area contributed by atoms with E-state index in [-0.39, 0.29) is 5.41 Å². The fourth-order valence-corrected chi connectivity index (χ4v) is 6.36. The third-order valence-electron chi connectivity index (χ3n) is 6.84. The number of nitrogens with zero attached hydrogens (tertiary/aromatic N) is 1. The van der Waals surface area contributed by atoms with E-state index in [0.717, 1.165) is 50.2 Å². The predicted octanol–water partition coefficient (Wildman–Crippen LogP) is 2.80. The summed E-state index contributed by atoms with van der Waals surface area (Å²) >= 11 is 0. The average molecular weight is 290 g/mol. The summed E-state index contributed by atoms with van der Waals surface area (Å²) in [5, 5.41) is 3.43. The molecule has 0 aromatic rings. The minimum Gasteiger partial charge on any atom is -0.339 e. The summed E-state index contributed by atoms with van der Waals surface area (Å²) in [7, 11) is 0. The smallest absolute Gasteiger partial charge is 0.229 e. The van der Waals surface area contributed by atoms with Crippen LogP contribution in [0.4, 0.5) is 0 Å². The van der Waals surface area contributed by atoms with Crippen molar-refractivity contribution in [2.24, 2.45) is 23.2 Å². The van der Waals surface area contributed by atoms with Crippen LogP contribution in [0, 0.1) is 23.2 Å². The molecule has 3 nitrogen and oxygen atoms in total. The molecule has 1 aliphatic heterocycles. The fraction of sp³-hybridized carbons (Fsp3) is 0.944. The van der Waals surface area contributed by atoms with E-state index in [1.54, 1.807) is 0 Å². The van der Waals surface area contributed by atoms with E-state index in [4.69, 9.17) is 0 Å². The molecule has 1 saturated heterocycles. The maximum atomic E-state index is 13.4. The summed E-state index contributed by atoms with van der Waals surface area (Å²) in [5.41, 5.74) is 0.0512. The van der Waals surface area contributed by atoms with Crippen molar-refractivity contribution in [3.8, 4) is 0 Å². The first-order valence-electron chi connectivity index (χ1n) is 9.22. The third-order valence-corrected chi connectivity index (χ3v) is 6.84. The molecule has 3 heteroatoms. The summed E-state index contributed by atoms with van der Waals surface area (Å²) in [5.74, 6) is 3.14. The van der Waals surface area contributed by atoms with Crippen LogP contribution in [-0.2, 0) is 4.79 Å². The molecule has 4 saturated carbocycles. The lowest BCUT2D eigenvalue weighted by Crippen LogP contribution is -2.57. The summed E-state index contributed by atoms with van der Waals surface area (Å²) in [6.45, 7) is 5.25. The number of hydrogen-bond donors (Lipinski definition) is 1. The predicted molar refractivity (Wildman–Crippen MR) is 83.9 cm³/mol. The van der Waals surface area contributed by atoms with Crippen molar-refractivity contribution in [2.45, 2.75) is 64.3 Å². The summed E-state index contributed by atoms with van der Waals surface area (Å²) < 4.78 is 0. The highest BCUT2D eigenvalue weighted by molar-refractivity contribution is 5.83. The van der Waals surface area contributed by atoms with Gasteiger partial charge in [0.1, 0.15) is 0 Å². The number of amides is 1. The van der Waals surface area contributed by atoms with Crippen molar-refractivity contribution in [3.05, 3.63) is 0 Å². The van der Waals surface area contributed by atoms with Crippen molar-refractivity contribution in [2.75, 3.05) is 19.6 Å². The lowest BCUT2D eigenvalue weighted by Gasteiger charge is -2.57. The molecule has 1 N–H and O–H groups in total. The van der Waals surface area contributed by atoms with Crippen molar-refractivity contribution in [1.82, 2.24) is 10.2 Å². The zero-order chi connectivity index (χ0) is 14.4. The first kappa shape index (κ1) is 14.0. The van der Waals surface area contributed by atoms with E-state index in [2.05, 4.69) is 17.1 Å². The van der Waals surface area contributed by atoms with E-state index in [9.17, 15) is 4.79 Å². The maximum absolute atomic E-state index is 13.4. The molecule has 4 bridgehead atoms. The van der Waals surface area contributed by atoms with Crippen molar-refractivity contribution in [1.29, 1.82) is 0 Å². The molecule has 0 unspecified atom stereocenters. The molecule has 0 radical (unpaired) electrons. The Morgan fingerprint density at radius 2 is 1.57 bits per heavy atom. The Morgan fingerprint density at radius 1 is 1.05 bits per heavy atom. The zero-order valence-electron chi connectivity index (χ0n) is 13.4. The number of carbonyl (C=O) groups is 1. The molecular weight excluding hydrogens is 260 g/mol. The third kappa shape index (κ3) is 2.32. The van der Waals surface area contributed by atoms with Crippen LogP contribution in [0.15, 0.2) is 0 Å². The average Bonchev–Trinajstić information content (AvgIpc) is 2.47. The van der Waals surface area contributed by atoms with Gasteiger partial charge in [0.2, 0.25) is 5.91 Å². The Kier molecular flexibility index (Phi) is 3.52. The van der Waals surface area contributed by atoms with Gasteiger partial charge in [0.25, 0.3) is 0 Å². The minimum atomic E-state index is 0.0512. The molecule has 0 spiro atoms. The van der Waals surface area contributed by atoms with Gasteiger partial charge in [-0.3, -0.25) is 4.79 Å². The van der Waals surface area contributed by atoms with Crippen LogP contribution in [0.3, 0.4) is 0 Å². The van der Waals surface area contributed by atoms with Gasteiger partial charge in [0.15, 0.2) is 0 Å². The number of hydrogen-bond acceptors (Lipinski definition) is 2. The molecule has 0 aromatic heterocycles. The Labute approximate surface area is 128 Å². The van der Waals surface area contributed by atoms with E-state index in [1.165, 1.54) is 38.5 Å².